The van der Waals surface area contributed by atoms with Crippen LogP contribution in [0.25, 0.3) is 0 Å². The Bertz CT molecular complexity index is 154. The standard InChI is InChI=1S/C7H13O3P/c1-7(2,4-5-11-9)6(8)10-3/h4-5H2,1-3H3. The lowest BCUT2D eigenvalue weighted by Crippen LogP contribution is -2.25. The van der Waals surface area contributed by atoms with Crippen molar-refractivity contribution in [2.45, 2.75) is 20.3 Å². The van der Waals surface area contributed by atoms with Crippen LogP contribution in [-0.2, 0) is 14.1 Å². The fourth-order valence-corrected chi connectivity index (χ4v) is 1.35. The summed E-state index contributed by atoms with van der Waals surface area (Å²) in [6.07, 6.45) is 1.09. The molecule has 0 rings (SSSR count). The van der Waals surface area contributed by atoms with E-state index in [9.17, 15) is 9.36 Å². The van der Waals surface area contributed by atoms with Gasteiger partial charge in [-0.05, 0) is 20.3 Å². The van der Waals surface area contributed by atoms with Crippen LogP contribution in [0.2, 0.25) is 0 Å². The largest absolute Gasteiger partial charge is 0.469 e. The molecule has 3 nitrogen and oxygen atoms in total. The molecule has 0 aliphatic rings. The maximum absolute atomic E-state index is 11.0. The Morgan fingerprint density at radius 2 is 2.09 bits per heavy atom. The molecule has 4 heteroatoms. The molecule has 0 spiro atoms. The lowest BCUT2D eigenvalue weighted by Gasteiger charge is -2.19. The molecule has 0 heterocycles. The lowest BCUT2D eigenvalue weighted by atomic mass is 9.91. The van der Waals surface area contributed by atoms with E-state index in [0.29, 0.717) is 12.6 Å². The number of methoxy groups -OCH3 is 1. The zero-order valence-corrected chi connectivity index (χ0v) is 7.98. The molecular formula is C7H13O3P. The van der Waals surface area contributed by atoms with E-state index < -0.39 is 5.41 Å². The van der Waals surface area contributed by atoms with Crippen LogP contribution in [0.5, 0.6) is 0 Å². The predicted molar refractivity (Wildman–Crippen MR) is 42.9 cm³/mol. The summed E-state index contributed by atoms with van der Waals surface area (Å²) in [5.74, 6) is -0.249. The van der Waals surface area contributed by atoms with Gasteiger partial charge >= 0.3 is 5.97 Å². The van der Waals surface area contributed by atoms with E-state index in [4.69, 9.17) is 0 Å². The summed E-state index contributed by atoms with van der Waals surface area (Å²) in [4.78, 5) is 11.0. The zero-order chi connectivity index (χ0) is 8.91. The third kappa shape index (κ3) is 3.47. The maximum atomic E-state index is 11.0. The van der Waals surface area contributed by atoms with Crippen molar-refractivity contribution >= 4 is 14.4 Å². The van der Waals surface area contributed by atoms with Gasteiger partial charge in [-0.3, -0.25) is 9.36 Å². The molecule has 0 saturated carbocycles. The van der Waals surface area contributed by atoms with Gasteiger partial charge in [0.15, 0.2) is 8.46 Å². The molecule has 0 aromatic carbocycles. The summed E-state index contributed by atoms with van der Waals surface area (Å²) in [5.41, 5.74) is -0.508. The quantitative estimate of drug-likeness (QED) is 0.485. The third-order valence-electron chi connectivity index (χ3n) is 1.57. The molecule has 0 aliphatic heterocycles. The fraction of sp³-hybridized carbons (Fsp3) is 0.857. The van der Waals surface area contributed by atoms with Gasteiger partial charge in [-0.15, -0.1) is 0 Å². The highest BCUT2D eigenvalue weighted by atomic mass is 31.1. The average molecular weight is 176 g/mol. The highest BCUT2D eigenvalue weighted by molar-refractivity contribution is 7.23. The second kappa shape index (κ2) is 4.45. The molecule has 0 fully saturated rings. The molecule has 0 unspecified atom stereocenters. The van der Waals surface area contributed by atoms with Crippen LogP contribution in [0, 0.1) is 5.41 Å². The summed E-state index contributed by atoms with van der Waals surface area (Å²) in [6.45, 7) is 3.56. The van der Waals surface area contributed by atoms with Crippen molar-refractivity contribution in [1.29, 1.82) is 0 Å². The van der Waals surface area contributed by atoms with Crippen LogP contribution >= 0.6 is 8.46 Å². The number of carbonyl (C=O) groups excluding carboxylic acids is 1. The fourth-order valence-electron chi connectivity index (χ4n) is 0.704. The van der Waals surface area contributed by atoms with E-state index in [1.807, 2.05) is 0 Å². The maximum Gasteiger partial charge on any atom is 0.311 e. The number of rotatable bonds is 4. The summed E-state index contributed by atoms with van der Waals surface area (Å²) in [7, 11) is 1.44. The first kappa shape index (κ1) is 10.6. The predicted octanol–water partition coefficient (Wildman–Crippen LogP) is 1.87. The van der Waals surface area contributed by atoms with Crippen molar-refractivity contribution in [2.24, 2.45) is 5.41 Å². The molecule has 11 heavy (non-hydrogen) atoms. The Labute approximate surface area is 68.3 Å². The van der Waals surface area contributed by atoms with Crippen LogP contribution in [0.3, 0.4) is 0 Å². The lowest BCUT2D eigenvalue weighted by molar-refractivity contribution is -0.150. The molecule has 0 saturated heterocycles. The Morgan fingerprint density at radius 1 is 1.55 bits per heavy atom. The number of hydrogen-bond acceptors (Lipinski definition) is 3. The van der Waals surface area contributed by atoms with Gasteiger partial charge in [0.25, 0.3) is 0 Å². The molecule has 64 valence electrons. The Balaban J connectivity index is 3.97. The van der Waals surface area contributed by atoms with Gasteiger partial charge in [0.1, 0.15) is 0 Å². The molecule has 0 radical (unpaired) electrons. The van der Waals surface area contributed by atoms with Gasteiger partial charge in [0.2, 0.25) is 0 Å². The highest BCUT2D eigenvalue weighted by Gasteiger charge is 2.27. The summed E-state index contributed by atoms with van der Waals surface area (Å²) in [6, 6.07) is 0. The van der Waals surface area contributed by atoms with Crippen LogP contribution in [0.15, 0.2) is 0 Å². The van der Waals surface area contributed by atoms with Gasteiger partial charge in [-0.25, -0.2) is 0 Å². The van der Waals surface area contributed by atoms with Gasteiger partial charge < -0.3 is 4.74 Å². The monoisotopic (exact) mass is 176 g/mol. The van der Waals surface area contributed by atoms with Gasteiger partial charge in [-0.2, -0.15) is 0 Å². The van der Waals surface area contributed by atoms with Gasteiger partial charge in [0, 0.05) is 6.16 Å². The van der Waals surface area contributed by atoms with Crippen molar-refractivity contribution in [3.8, 4) is 0 Å². The topological polar surface area (TPSA) is 43.4 Å². The Kier molecular flexibility index (Phi) is 4.27. The van der Waals surface area contributed by atoms with E-state index in [2.05, 4.69) is 4.74 Å². The van der Waals surface area contributed by atoms with E-state index in [-0.39, 0.29) is 14.4 Å². The molecule has 0 amide bonds. The second-order valence-corrected chi connectivity index (χ2v) is 3.68. The minimum absolute atomic E-state index is 0.0832. The Morgan fingerprint density at radius 3 is 2.45 bits per heavy atom. The summed E-state index contributed by atoms with van der Waals surface area (Å²) in [5, 5.41) is 0. The van der Waals surface area contributed by atoms with Crippen molar-refractivity contribution < 1.29 is 14.1 Å². The normalized spacial score (nSPS) is 11.5. The summed E-state index contributed by atoms with van der Waals surface area (Å²) < 4.78 is 14.7. The first-order valence-corrected chi connectivity index (χ1v) is 4.42. The number of hydrogen-bond donors (Lipinski definition) is 0. The first-order valence-electron chi connectivity index (χ1n) is 3.42. The molecule has 0 aromatic rings. The van der Waals surface area contributed by atoms with E-state index in [1.165, 1.54) is 7.11 Å². The van der Waals surface area contributed by atoms with E-state index >= 15 is 0 Å². The third-order valence-corrected chi connectivity index (χ3v) is 1.97. The summed E-state index contributed by atoms with van der Waals surface area (Å²) >= 11 is 0. The number of carbonyl (C=O) groups is 1. The zero-order valence-electron chi connectivity index (χ0n) is 7.09. The van der Waals surface area contributed by atoms with Crippen LogP contribution in [0.1, 0.15) is 20.3 Å². The minimum Gasteiger partial charge on any atom is -0.469 e. The van der Waals surface area contributed by atoms with Crippen molar-refractivity contribution in [2.75, 3.05) is 13.3 Å². The molecular weight excluding hydrogens is 163 g/mol. The number of esters is 1. The highest BCUT2D eigenvalue weighted by Crippen LogP contribution is 2.23. The minimum atomic E-state index is -0.508. The van der Waals surface area contributed by atoms with Crippen molar-refractivity contribution in [3.63, 3.8) is 0 Å². The molecule has 0 aromatic heterocycles. The second-order valence-electron chi connectivity index (χ2n) is 2.98. The SMILES string of the molecule is COC(=O)C(C)(C)CCP=O. The van der Waals surface area contributed by atoms with Crippen LogP contribution in [0.4, 0.5) is 0 Å². The van der Waals surface area contributed by atoms with E-state index in [1.54, 1.807) is 13.8 Å². The van der Waals surface area contributed by atoms with Crippen LogP contribution in [-0.4, -0.2) is 19.2 Å². The Hall–Kier alpha value is -0.430. The molecule has 0 N–H and O–H groups in total. The molecule has 0 atom stereocenters. The van der Waals surface area contributed by atoms with Gasteiger partial charge in [-0.1, -0.05) is 0 Å². The average Bonchev–Trinajstić information content (AvgIpc) is 1.99. The van der Waals surface area contributed by atoms with Crippen molar-refractivity contribution in [1.82, 2.24) is 0 Å². The van der Waals surface area contributed by atoms with Crippen molar-refractivity contribution in [3.05, 3.63) is 0 Å². The number of ether oxygens (including phenoxy) is 1. The molecule has 0 bridgehead atoms. The first-order chi connectivity index (χ1) is 5.04. The molecule has 0 aliphatic carbocycles. The van der Waals surface area contributed by atoms with Gasteiger partial charge in [0.05, 0.1) is 12.5 Å². The van der Waals surface area contributed by atoms with E-state index in [0.717, 1.165) is 0 Å². The smallest absolute Gasteiger partial charge is 0.311 e. The van der Waals surface area contributed by atoms with Crippen LogP contribution < -0.4 is 0 Å².